The van der Waals surface area contributed by atoms with Gasteiger partial charge in [0.1, 0.15) is 22.6 Å². The Kier molecular flexibility index (Phi) is 3.61. The van der Waals surface area contributed by atoms with Crippen LogP contribution in [0.5, 0.6) is 0 Å². The van der Waals surface area contributed by atoms with Crippen molar-refractivity contribution in [2.45, 2.75) is 38.1 Å². The summed E-state index contributed by atoms with van der Waals surface area (Å²) in [7, 11) is 0. The fourth-order valence-corrected chi connectivity index (χ4v) is 5.89. The van der Waals surface area contributed by atoms with Crippen molar-refractivity contribution >= 4 is 22.6 Å². The van der Waals surface area contributed by atoms with Crippen LogP contribution >= 0.6 is 0 Å². The molecule has 0 unspecified atom stereocenters. The SMILES string of the molecule is CC1(n2nnc3ccccc32)C2=C(OC3=C1CCc1ccccc13)c1ccccc1CC2. The Morgan fingerprint density at radius 1 is 0.719 bits per heavy atom. The van der Waals surface area contributed by atoms with Gasteiger partial charge in [0, 0.05) is 22.3 Å². The van der Waals surface area contributed by atoms with E-state index >= 15 is 0 Å². The molecule has 0 saturated carbocycles. The number of fused-ring (bicyclic) bond motifs is 5. The summed E-state index contributed by atoms with van der Waals surface area (Å²) in [5.41, 5.74) is 9.31. The van der Waals surface area contributed by atoms with E-state index in [-0.39, 0.29) is 0 Å². The predicted molar refractivity (Wildman–Crippen MR) is 126 cm³/mol. The lowest BCUT2D eigenvalue weighted by atomic mass is 9.70. The second-order valence-corrected chi connectivity index (χ2v) is 9.09. The van der Waals surface area contributed by atoms with Crippen molar-refractivity contribution in [1.82, 2.24) is 15.0 Å². The molecule has 156 valence electrons. The van der Waals surface area contributed by atoms with Crippen LogP contribution in [0.25, 0.3) is 22.6 Å². The van der Waals surface area contributed by atoms with Crippen molar-refractivity contribution in [3.8, 4) is 0 Å². The molecule has 0 atom stereocenters. The van der Waals surface area contributed by atoms with Gasteiger partial charge < -0.3 is 4.74 Å². The average Bonchev–Trinajstić information content (AvgIpc) is 3.29. The topological polar surface area (TPSA) is 39.9 Å². The van der Waals surface area contributed by atoms with E-state index in [1.165, 1.54) is 33.4 Å². The molecule has 0 saturated heterocycles. The molecule has 2 heterocycles. The Bertz CT molecular complexity index is 1400. The van der Waals surface area contributed by atoms with Crippen LogP contribution in [0.2, 0.25) is 0 Å². The van der Waals surface area contributed by atoms with E-state index in [2.05, 4.69) is 77.4 Å². The van der Waals surface area contributed by atoms with Crippen LogP contribution in [0.1, 0.15) is 42.0 Å². The van der Waals surface area contributed by atoms with Gasteiger partial charge in [-0.15, -0.1) is 5.10 Å². The second-order valence-electron chi connectivity index (χ2n) is 9.09. The summed E-state index contributed by atoms with van der Waals surface area (Å²) in [5.74, 6) is 2.01. The predicted octanol–water partition coefficient (Wildman–Crippen LogP) is 5.89. The highest BCUT2D eigenvalue weighted by atomic mass is 16.5. The molecule has 3 aliphatic rings. The maximum atomic E-state index is 6.85. The van der Waals surface area contributed by atoms with Crippen LogP contribution in [0.4, 0.5) is 0 Å². The summed E-state index contributed by atoms with van der Waals surface area (Å²) in [4.78, 5) is 0. The standard InChI is InChI=1S/C28H23N3O/c1-28(31-25-13-7-6-12-24(25)29-30-31)22-16-14-18-8-2-4-10-20(18)26(22)32-27-21-11-5-3-9-19(21)15-17-23(27)28/h2-13H,14-17H2,1H3. The first-order valence-electron chi connectivity index (χ1n) is 11.4. The van der Waals surface area contributed by atoms with Crippen LogP contribution in [0.15, 0.2) is 83.9 Å². The zero-order valence-electron chi connectivity index (χ0n) is 18.0. The number of hydrogen-bond acceptors (Lipinski definition) is 3. The minimum Gasteiger partial charge on any atom is -0.456 e. The van der Waals surface area contributed by atoms with E-state index in [0.29, 0.717) is 0 Å². The van der Waals surface area contributed by atoms with Crippen LogP contribution in [-0.4, -0.2) is 15.0 Å². The third-order valence-electron chi connectivity index (χ3n) is 7.52. The smallest absolute Gasteiger partial charge is 0.136 e. The molecule has 0 N–H and O–H groups in total. The molecule has 0 amide bonds. The first-order chi connectivity index (χ1) is 15.7. The zero-order chi connectivity index (χ0) is 21.3. The number of ether oxygens (including phenoxy) is 1. The minimum atomic E-state index is -0.417. The number of aryl methyl sites for hydroxylation is 2. The van der Waals surface area contributed by atoms with Crippen LogP contribution < -0.4 is 0 Å². The molecule has 2 aliphatic carbocycles. The highest BCUT2D eigenvalue weighted by molar-refractivity contribution is 5.84. The van der Waals surface area contributed by atoms with Crippen LogP contribution in [-0.2, 0) is 23.1 Å². The first-order valence-corrected chi connectivity index (χ1v) is 11.4. The first kappa shape index (κ1) is 18.0. The van der Waals surface area contributed by atoms with Crippen molar-refractivity contribution in [3.63, 3.8) is 0 Å². The molecule has 1 aromatic heterocycles. The molecule has 0 fully saturated rings. The number of nitrogens with zero attached hydrogens (tertiary/aromatic N) is 3. The molecule has 0 radical (unpaired) electrons. The number of para-hydroxylation sites is 1. The molecule has 4 aromatic rings. The molecule has 4 heteroatoms. The third kappa shape index (κ3) is 2.27. The van der Waals surface area contributed by atoms with Gasteiger partial charge in [-0.3, -0.25) is 0 Å². The molecular weight excluding hydrogens is 394 g/mol. The van der Waals surface area contributed by atoms with E-state index in [1.807, 2.05) is 12.1 Å². The van der Waals surface area contributed by atoms with Gasteiger partial charge in [0.25, 0.3) is 0 Å². The Labute approximate surface area is 186 Å². The molecule has 1 aliphatic heterocycles. The van der Waals surface area contributed by atoms with Crippen molar-refractivity contribution in [1.29, 1.82) is 0 Å². The Morgan fingerprint density at radius 3 is 1.94 bits per heavy atom. The number of rotatable bonds is 1. The largest absolute Gasteiger partial charge is 0.456 e. The van der Waals surface area contributed by atoms with Crippen LogP contribution in [0, 0.1) is 0 Å². The summed E-state index contributed by atoms with van der Waals surface area (Å²) in [6.07, 6.45) is 3.94. The van der Waals surface area contributed by atoms with E-state index in [9.17, 15) is 0 Å². The van der Waals surface area contributed by atoms with Gasteiger partial charge in [-0.1, -0.05) is 65.9 Å². The van der Waals surface area contributed by atoms with Gasteiger partial charge in [0.05, 0.1) is 5.52 Å². The van der Waals surface area contributed by atoms with Gasteiger partial charge in [0.2, 0.25) is 0 Å². The normalized spacial score (nSPS) is 18.5. The molecule has 32 heavy (non-hydrogen) atoms. The quantitative estimate of drug-likeness (QED) is 0.388. The fraction of sp³-hybridized carbons (Fsp3) is 0.214. The van der Waals surface area contributed by atoms with Gasteiger partial charge in [0.15, 0.2) is 0 Å². The van der Waals surface area contributed by atoms with Crippen molar-refractivity contribution < 1.29 is 4.74 Å². The lowest BCUT2D eigenvalue weighted by Gasteiger charge is -2.45. The maximum absolute atomic E-state index is 6.85. The third-order valence-corrected chi connectivity index (χ3v) is 7.52. The Hall–Kier alpha value is -3.66. The van der Waals surface area contributed by atoms with E-state index in [0.717, 1.165) is 48.2 Å². The molecular formula is C28H23N3O. The fourth-order valence-electron chi connectivity index (χ4n) is 5.89. The number of aromatic nitrogens is 3. The summed E-state index contributed by atoms with van der Waals surface area (Å²) >= 11 is 0. The number of hydrogen-bond donors (Lipinski definition) is 0. The highest BCUT2D eigenvalue weighted by Crippen LogP contribution is 2.54. The van der Waals surface area contributed by atoms with Crippen molar-refractivity contribution in [2.24, 2.45) is 0 Å². The van der Waals surface area contributed by atoms with Crippen molar-refractivity contribution in [2.75, 3.05) is 0 Å². The second kappa shape index (κ2) is 6.42. The molecule has 4 nitrogen and oxygen atoms in total. The van der Waals surface area contributed by atoms with Crippen LogP contribution in [0.3, 0.4) is 0 Å². The van der Waals surface area contributed by atoms with Gasteiger partial charge in [-0.2, -0.15) is 0 Å². The monoisotopic (exact) mass is 417 g/mol. The zero-order valence-corrected chi connectivity index (χ0v) is 18.0. The minimum absolute atomic E-state index is 0.417. The summed E-state index contributed by atoms with van der Waals surface area (Å²) in [6, 6.07) is 25.6. The lowest BCUT2D eigenvalue weighted by Crippen LogP contribution is -2.41. The van der Waals surface area contributed by atoms with Crippen molar-refractivity contribution in [3.05, 3.63) is 106 Å². The summed E-state index contributed by atoms with van der Waals surface area (Å²) in [6.45, 7) is 2.32. The lowest BCUT2D eigenvalue weighted by molar-refractivity contribution is 0.327. The van der Waals surface area contributed by atoms with Gasteiger partial charge in [-0.05, 0) is 55.9 Å². The average molecular weight is 418 g/mol. The maximum Gasteiger partial charge on any atom is 0.136 e. The Balaban J connectivity index is 1.56. The van der Waals surface area contributed by atoms with E-state index in [1.54, 1.807) is 0 Å². The number of benzene rings is 3. The van der Waals surface area contributed by atoms with Gasteiger partial charge >= 0.3 is 0 Å². The molecule has 0 spiro atoms. The summed E-state index contributed by atoms with van der Waals surface area (Å²) < 4.78 is 9.00. The molecule has 0 bridgehead atoms. The Morgan fingerprint density at radius 2 is 1.28 bits per heavy atom. The summed E-state index contributed by atoms with van der Waals surface area (Å²) in [5, 5.41) is 9.26. The molecule has 7 rings (SSSR count). The molecule has 3 aromatic carbocycles. The number of allylic oxidation sites excluding steroid dienone is 2. The van der Waals surface area contributed by atoms with Gasteiger partial charge in [-0.25, -0.2) is 4.68 Å². The highest BCUT2D eigenvalue weighted by Gasteiger charge is 2.47. The van der Waals surface area contributed by atoms with E-state index < -0.39 is 5.54 Å². The van der Waals surface area contributed by atoms with E-state index in [4.69, 9.17) is 9.95 Å².